The molecule has 40 heavy (non-hydrogen) atoms. The fraction of sp³-hybridized carbons (Fsp3) is 0.156. The molecule has 0 saturated carbocycles. The van der Waals surface area contributed by atoms with E-state index in [0.29, 0.717) is 11.1 Å². The third kappa shape index (κ3) is 7.31. The van der Waals surface area contributed by atoms with Crippen LogP contribution in [0.3, 0.4) is 0 Å². The number of Topliss-reactive ketones (excluding diaryl/α,β-unsaturated/α-hetero) is 1. The minimum Gasteiger partial charge on any atom is -0.468 e. The fourth-order valence-corrected chi connectivity index (χ4v) is 3.70. The molecule has 0 atom stereocenters. The van der Waals surface area contributed by atoms with Crippen molar-refractivity contribution in [2.24, 2.45) is 5.41 Å². The average Bonchev–Trinajstić information content (AvgIpc) is 2.99. The summed E-state index contributed by atoms with van der Waals surface area (Å²) in [6.45, 7) is 0. The summed E-state index contributed by atoms with van der Waals surface area (Å²) < 4.78 is 9.84. The van der Waals surface area contributed by atoms with Crippen molar-refractivity contribution in [3.63, 3.8) is 0 Å². The molecule has 0 aromatic heterocycles. The number of ether oxygens (including phenoxy) is 2. The highest BCUT2D eigenvalue weighted by molar-refractivity contribution is 6.14. The number of nitrogens with zero attached hydrogens (tertiary/aromatic N) is 1. The minimum absolute atomic E-state index is 0.0938. The molecule has 0 saturated heterocycles. The Labute approximate surface area is 231 Å². The molecule has 0 radical (unpaired) electrons. The van der Waals surface area contributed by atoms with Crippen LogP contribution in [0, 0.1) is 39.2 Å². The lowest BCUT2D eigenvalue weighted by Gasteiger charge is -2.24. The van der Waals surface area contributed by atoms with Crippen molar-refractivity contribution in [3.05, 3.63) is 117 Å². The van der Waals surface area contributed by atoms with E-state index in [1.165, 1.54) is 24.3 Å². The predicted molar refractivity (Wildman–Crippen MR) is 149 cm³/mol. The third-order valence-corrected chi connectivity index (χ3v) is 5.86. The molecule has 0 heterocycles. The largest absolute Gasteiger partial charge is 0.468 e. The first-order valence-corrected chi connectivity index (χ1v) is 12.1. The van der Waals surface area contributed by atoms with E-state index in [1.54, 1.807) is 36.4 Å². The van der Waals surface area contributed by atoms with Crippen molar-refractivity contribution >= 4 is 29.5 Å². The number of hydrogen-bond acceptors (Lipinski definition) is 7. The number of rotatable bonds is 8. The Kier molecular flexibility index (Phi) is 10.1. The van der Waals surface area contributed by atoms with E-state index in [0.717, 1.165) is 19.8 Å². The summed E-state index contributed by atoms with van der Waals surface area (Å²) in [4.78, 5) is 49.4. The molecule has 0 N–H and O–H groups in total. The number of nitro benzene ring substituents is 1. The zero-order chi connectivity index (χ0) is 29.0. The number of ketones is 1. The molecule has 3 aromatic carbocycles. The molecule has 0 aliphatic heterocycles. The number of hydrogen-bond donors (Lipinski definition) is 0. The molecular weight excluding hydrogens is 510 g/mol. The number of allylic oxidation sites excluding steroid dienone is 1. The van der Waals surface area contributed by atoms with E-state index in [2.05, 4.69) is 23.7 Å². The van der Waals surface area contributed by atoms with E-state index < -0.39 is 22.3 Å². The molecule has 0 aliphatic rings. The summed E-state index contributed by atoms with van der Waals surface area (Å²) in [6, 6.07) is 23.3. The number of nitro groups is 1. The number of non-ortho nitro benzene ring substituents is 1. The van der Waals surface area contributed by atoms with Crippen LogP contribution >= 0.6 is 0 Å². The fourth-order valence-electron chi connectivity index (χ4n) is 3.70. The van der Waals surface area contributed by atoms with Gasteiger partial charge in [-0.05, 0) is 23.8 Å². The van der Waals surface area contributed by atoms with Gasteiger partial charge in [0.05, 0.1) is 24.7 Å². The normalized spacial score (nSPS) is 10.7. The van der Waals surface area contributed by atoms with Gasteiger partial charge in [-0.15, -0.1) is 0 Å². The van der Waals surface area contributed by atoms with Crippen LogP contribution in [0.1, 0.15) is 34.3 Å². The lowest BCUT2D eigenvalue weighted by atomic mass is 9.81. The van der Waals surface area contributed by atoms with E-state index in [9.17, 15) is 24.5 Å². The Balaban J connectivity index is 1.98. The molecule has 0 amide bonds. The van der Waals surface area contributed by atoms with Gasteiger partial charge in [-0.25, -0.2) is 0 Å². The lowest BCUT2D eigenvalue weighted by molar-refractivity contribution is -0.384. The molecular formula is C32H25NO7. The molecule has 0 aliphatic carbocycles. The van der Waals surface area contributed by atoms with Crippen LogP contribution in [-0.4, -0.2) is 36.9 Å². The Morgan fingerprint density at radius 1 is 0.825 bits per heavy atom. The van der Waals surface area contributed by atoms with Gasteiger partial charge in [-0.1, -0.05) is 84.3 Å². The molecule has 8 heteroatoms. The zero-order valence-corrected chi connectivity index (χ0v) is 21.9. The first-order valence-electron chi connectivity index (χ1n) is 12.1. The van der Waals surface area contributed by atoms with Crippen LogP contribution in [0.4, 0.5) is 5.69 Å². The topological polar surface area (TPSA) is 113 Å². The smallest absolute Gasteiger partial charge is 0.325 e. The quantitative estimate of drug-likeness (QED) is 0.0756. The Morgan fingerprint density at radius 2 is 1.38 bits per heavy atom. The number of benzene rings is 3. The molecule has 200 valence electrons. The van der Waals surface area contributed by atoms with Gasteiger partial charge >= 0.3 is 11.9 Å². The van der Waals surface area contributed by atoms with Crippen molar-refractivity contribution in [3.8, 4) is 23.7 Å². The van der Waals surface area contributed by atoms with Crippen LogP contribution < -0.4 is 0 Å². The second kappa shape index (κ2) is 13.9. The van der Waals surface area contributed by atoms with E-state index in [-0.39, 0.29) is 29.9 Å². The van der Waals surface area contributed by atoms with Gasteiger partial charge in [-0.2, -0.15) is 0 Å². The predicted octanol–water partition coefficient (Wildman–Crippen LogP) is 5.03. The van der Waals surface area contributed by atoms with E-state index in [1.807, 2.05) is 30.3 Å². The first-order chi connectivity index (χ1) is 19.3. The second-order valence-electron chi connectivity index (χ2n) is 8.49. The van der Waals surface area contributed by atoms with Crippen molar-refractivity contribution in [1.29, 1.82) is 0 Å². The summed E-state index contributed by atoms with van der Waals surface area (Å²) in [6.07, 6.45) is 0.993. The Bertz CT molecular complexity index is 1520. The summed E-state index contributed by atoms with van der Waals surface area (Å²) >= 11 is 0. The summed E-state index contributed by atoms with van der Waals surface area (Å²) in [5.41, 5.74) is -0.196. The monoisotopic (exact) mass is 535 g/mol. The summed E-state index contributed by atoms with van der Waals surface area (Å²) in [5.74, 6) is 9.11. The SMILES string of the molecule is COC(=O)C(CC#C/C(=C\c1ccccc1)C(=O)c1ccccc1)(CC#Cc1ccc([N+](=O)[O-])cc1)C(=O)OC. The highest BCUT2D eigenvalue weighted by Crippen LogP contribution is 2.30. The Morgan fingerprint density at radius 3 is 1.93 bits per heavy atom. The molecule has 8 nitrogen and oxygen atoms in total. The zero-order valence-electron chi connectivity index (χ0n) is 21.9. The van der Waals surface area contributed by atoms with Crippen LogP contribution in [0.5, 0.6) is 0 Å². The van der Waals surface area contributed by atoms with Gasteiger partial charge in [0.2, 0.25) is 5.78 Å². The van der Waals surface area contributed by atoms with Crippen molar-refractivity contribution in [2.75, 3.05) is 14.2 Å². The molecule has 3 aromatic rings. The number of methoxy groups -OCH3 is 2. The van der Waals surface area contributed by atoms with Crippen LogP contribution in [0.2, 0.25) is 0 Å². The molecule has 0 unspecified atom stereocenters. The molecule has 3 rings (SSSR count). The van der Waals surface area contributed by atoms with Gasteiger partial charge in [-0.3, -0.25) is 24.5 Å². The molecule has 0 fully saturated rings. The van der Waals surface area contributed by atoms with Crippen LogP contribution in [0.15, 0.2) is 90.5 Å². The summed E-state index contributed by atoms with van der Waals surface area (Å²) in [7, 11) is 2.27. The van der Waals surface area contributed by atoms with Crippen molar-refractivity contribution in [2.45, 2.75) is 12.8 Å². The minimum atomic E-state index is -1.89. The Hall–Kier alpha value is -5.47. The molecule has 0 bridgehead atoms. The van der Waals surface area contributed by atoms with Gasteiger partial charge in [0, 0.05) is 36.1 Å². The first kappa shape index (κ1) is 29.1. The molecule has 0 spiro atoms. The standard InChI is InChI=1S/C32H25NO7/c1-39-30(35)32(31(36)40-2,21-9-13-24-17-19-28(20-18-24)33(37)38)22-10-16-27(23-25-11-5-3-6-12-25)29(34)26-14-7-4-8-15-26/h3-8,11-12,14-15,17-20,23H,21-22H2,1-2H3/b27-23+. The average molecular weight is 536 g/mol. The lowest BCUT2D eigenvalue weighted by Crippen LogP contribution is -2.40. The maximum absolute atomic E-state index is 13.3. The van der Waals surface area contributed by atoms with Gasteiger partial charge in [0.1, 0.15) is 0 Å². The van der Waals surface area contributed by atoms with Crippen molar-refractivity contribution < 1.29 is 28.8 Å². The van der Waals surface area contributed by atoms with Crippen LogP contribution in [-0.2, 0) is 19.1 Å². The third-order valence-electron chi connectivity index (χ3n) is 5.86. The van der Waals surface area contributed by atoms with Crippen LogP contribution in [0.25, 0.3) is 6.08 Å². The maximum Gasteiger partial charge on any atom is 0.325 e. The highest BCUT2D eigenvalue weighted by atomic mass is 16.6. The van der Waals surface area contributed by atoms with Gasteiger partial charge in [0.25, 0.3) is 5.69 Å². The summed E-state index contributed by atoms with van der Waals surface area (Å²) in [5, 5.41) is 10.9. The number of carbonyl (C=O) groups is 3. The maximum atomic E-state index is 13.3. The highest BCUT2D eigenvalue weighted by Gasteiger charge is 2.47. The van der Waals surface area contributed by atoms with E-state index >= 15 is 0 Å². The van der Waals surface area contributed by atoms with Crippen molar-refractivity contribution in [1.82, 2.24) is 0 Å². The number of esters is 2. The number of carbonyl (C=O) groups excluding carboxylic acids is 3. The second-order valence-corrected chi connectivity index (χ2v) is 8.49. The van der Waals surface area contributed by atoms with Gasteiger partial charge in [0.15, 0.2) is 5.41 Å². The van der Waals surface area contributed by atoms with E-state index in [4.69, 9.17) is 9.47 Å². The van der Waals surface area contributed by atoms with Gasteiger partial charge < -0.3 is 9.47 Å².